The van der Waals surface area contributed by atoms with E-state index in [1.165, 1.54) is 0 Å². The van der Waals surface area contributed by atoms with Crippen LogP contribution < -0.4 is 5.32 Å². The van der Waals surface area contributed by atoms with Gasteiger partial charge in [0.15, 0.2) is 5.69 Å². The molecule has 1 aliphatic heterocycles. The van der Waals surface area contributed by atoms with Crippen molar-refractivity contribution in [3.8, 4) is 0 Å². The van der Waals surface area contributed by atoms with Crippen molar-refractivity contribution in [2.45, 2.75) is 26.7 Å². The fourth-order valence-corrected chi connectivity index (χ4v) is 2.79. The molecular formula is C18H21N3O3. The van der Waals surface area contributed by atoms with Crippen LogP contribution in [-0.2, 0) is 4.79 Å². The van der Waals surface area contributed by atoms with Crippen LogP contribution >= 0.6 is 0 Å². The van der Waals surface area contributed by atoms with E-state index in [1.807, 2.05) is 24.3 Å². The average Bonchev–Trinajstić information content (AvgIpc) is 2.92. The largest absolute Gasteiger partial charge is 0.361 e. The topological polar surface area (TPSA) is 75.4 Å². The van der Waals surface area contributed by atoms with Gasteiger partial charge in [-0.3, -0.25) is 9.59 Å². The van der Waals surface area contributed by atoms with Gasteiger partial charge in [0.1, 0.15) is 5.76 Å². The van der Waals surface area contributed by atoms with E-state index in [1.54, 1.807) is 17.9 Å². The van der Waals surface area contributed by atoms with Gasteiger partial charge in [-0.1, -0.05) is 37.2 Å². The molecule has 1 fully saturated rings. The number of anilines is 1. The van der Waals surface area contributed by atoms with Crippen LogP contribution in [0.5, 0.6) is 0 Å². The van der Waals surface area contributed by atoms with Gasteiger partial charge in [-0.05, 0) is 24.5 Å². The molecule has 1 aromatic heterocycles. The fraction of sp³-hybridized carbons (Fsp3) is 0.389. The highest BCUT2D eigenvalue weighted by Gasteiger charge is 2.37. The Hall–Kier alpha value is -2.63. The van der Waals surface area contributed by atoms with Gasteiger partial charge in [0, 0.05) is 24.8 Å². The quantitative estimate of drug-likeness (QED) is 0.937. The average molecular weight is 327 g/mol. The van der Waals surface area contributed by atoms with Crippen molar-refractivity contribution in [3.05, 3.63) is 47.3 Å². The Morgan fingerprint density at radius 2 is 2.00 bits per heavy atom. The van der Waals surface area contributed by atoms with Gasteiger partial charge in [-0.2, -0.15) is 0 Å². The minimum Gasteiger partial charge on any atom is -0.361 e. The number of amides is 2. The molecule has 24 heavy (non-hydrogen) atoms. The lowest BCUT2D eigenvalue weighted by Gasteiger charge is -2.37. The Balaban J connectivity index is 1.58. The standard InChI is InChI=1S/C18H21N3O3/c1-11(2)14-6-4-5-7-15(14)19-17(22)13-9-21(10-13)18(23)16-8-12(3)24-20-16/h4-8,11,13H,9-10H2,1-3H3,(H,19,22). The number of aryl methyl sites for hydroxylation is 1. The minimum absolute atomic E-state index is 0.0523. The molecule has 0 saturated carbocycles. The Morgan fingerprint density at radius 3 is 2.62 bits per heavy atom. The van der Waals surface area contributed by atoms with E-state index in [9.17, 15) is 9.59 Å². The summed E-state index contributed by atoms with van der Waals surface area (Å²) in [5.41, 5.74) is 2.24. The lowest BCUT2D eigenvalue weighted by Crippen LogP contribution is -2.54. The maximum atomic E-state index is 12.4. The van der Waals surface area contributed by atoms with Crippen LogP contribution in [0.3, 0.4) is 0 Å². The number of nitrogens with zero attached hydrogens (tertiary/aromatic N) is 2. The van der Waals surface area contributed by atoms with Gasteiger partial charge in [0.05, 0.1) is 5.92 Å². The molecule has 1 aliphatic rings. The molecule has 0 unspecified atom stereocenters. The number of aromatic nitrogens is 1. The third kappa shape index (κ3) is 3.18. The van der Waals surface area contributed by atoms with Crippen molar-refractivity contribution < 1.29 is 14.1 Å². The predicted octanol–water partition coefficient (Wildman–Crippen LogP) is 2.82. The number of benzene rings is 1. The van der Waals surface area contributed by atoms with Gasteiger partial charge in [-0.25, -0.2) is 0 Å². The number of hydrogen-bond donors (Lipinski definition) is 1. The molecule has 0 bridgehead atoms. The molecular weight excluding hydrogens is 306 g/mol. The Morgan fingerprint density at radius 1 is 1.29 bits per heavy atom. The summed E-state index contributed by atoms with van der Waals surface area (Å²) < 4.78 is 4.92. The lowest BCUT2D eigenvalue weighted by molar-refractivity contribution is -0.123. The van der Waals surface area contributed by atoms with Crippen LogP contribution in [0.4, 0.5) is 5.69 Å². The van der Waals surface area contributed by atoms with Crippen LogP contribution in [0.25, 0.3) is 0 Å². The van der Waals surface area contributed by atoms with E-state index in [4.69, 9.17) is 4.52 Å². The molecule has 2 heterocycles. The second-order valence-electron chi connectivity index (χ2n) is 6.46. The van der Waals surface area contributed by atoms with E-state index in [2.05, 4.69) is 24.3 Å². The van der Waals surface area contributed by atoms with E-state index < -0.39 is 0 Å². The highest BCUT2D eigenvalue weighted by Crippen LogP contribution is 2.26. The Labute approximate surface area is 140 Å². The summed E-state index contributed by atoms with van der Waals surface area (Å²) in [5, 5.41) is 6.71. The minimum atomic E-state index is -0.196. The Bertz CT molecular complexity index is 760. The first-order valence-corrected chi connectivity index (χ1v) is 8.08. The van der Waals surface area contributed by atoms with Crippen LogP contribution in [0.15, 0.2) is 34.9 Å². The van der Waals surface area contributed by atoms with Crippen molar-refractivity contribution in [1.82, 2.24) is 10.1 Å². The zero-order chi connectivity index (χ0) is 17.3. The third-order valence-corrected chi connectivity index (χ3v) is 4.23. The molecule has 126 valence electrons. The maximum Gasteiger partial charge on any atom is 0.276 e. The maximum absolute atomic E-state index is 12.4. The molecule has 0 radical (unpaired) electrons. The first-order valence-electron chi connectivity index (χ1n) is 8.08. The molecule has 0 spiro atoms. The van der Waals surface area contributed by atoms with Gasteiger partial charge >= 0.3 is 0 Å². The van der Waals surface area contributed by atoms with Crippen LogP contribution in [0.2, 0.25) is 0 Å². The predicted molar refractivity (Wildman–Crippen MR) is 89.8 cm³/mol. The molecule has 2 amide bonds. The number of likely N-dealkylation sites (tertiary alicyclic amines) is 1. The summed E-state index contributed by atoms with van der Waals surface area (Å²) >= 11 is 0. The second-order valence-corrected chi connectivity index (χ2v) is 6.46. The van der Waals surface area contributed by atoms with Gasteiger partial charge in [0.25, 0.3) is 5.91 Å². The summed E-state index contributed by atoms with van der Waals surface area (Å²) in [4.78, 5) is 26.2. The van der Waals surface area contributed by atoms with E-state index in [0.29, 0.717) is 24.8 Å². The molecule has 1 saturated heterocycles. The monoisotopic (exact) mass is 327 g/mol. The summed E-state index contributed by atoms with van der Waals surface area (Å²) in [6.07, 6.45) is 0. The fourth-order valence-electron chi connectivity index (χ4n) is 2.79. The molecule has 6 heteroatoms. The summed E-state index contributed by atoms with van der Waals surface area (Å²) in [6, 6.07) is 9.41. The highest BCUT2D eigenvalue weighted by molar-refractivity contribution is 5.98. The lowest BCUT2D eigenvalue weighted by atomic mass is 9.97. The van der Waals surface area contributed by atoms with E-state index in [-0.39, 0.29) is 23.4 Å². The normalized spacial score (nSPS) is 14.6. The van der Waals surface area contributed by atoms with E-state index >= 15 is 0 Å². The van der Waals surface area contributed by atoms with Crippen LogP contribution in [-0.4, -0.2) is 35.0 Å². The van der Waals surface area contributed by atoms with Gasteiger partial charge in [-0.15, -0.1) is 0 Å². The third-order valence-electron chi connectivity index (χ3n) is 4.23. The van der Waals surface area contributed by atoms with Crippen LogP contribution in [0.1, 0.15) is 41.6 Å². The number of nitrogens with one attached hydrogen (secondary N) is 1. The van der Waals surface area contributed by atoms with Crippen LogP contribution in [0, 0.1) is 12.8 Å². The number of para-hydroxylation sites is 1. The summed E-state index contributed by atoms with van der Waals surface area (Å²) in [5.74, 6) is 0.485. The second kappa shape index (κ2) is 6.47. The number of carbonyl (C=O) groups is 2. The van der Waals surface area contributed by atoms with Crippen molar-refractivity contribution in [1.29, 1.82) is 0 Å². The molecule has 6 nitrogen and oxygen atoms in total. The smallest absolute Gasteiger partial charge is 0.276 e. The van der Waals surface area contributed by atoms with Gasteiger partial charge < -0.3 is 14.7 Å². The molecule has 1 N–H and O–H groups in total. The van der Waals surface area contributed by atoms with Gasteiger partial charge in [0.2, 0.25) is 5.91 Å². The summed E-state index contributed by atoms with van der Waals surface area (Å²) in [7, 11) is 0. The molecule has 1 aromatic carbocycles. The zero-order valence-electron chi connectivity index (χ0n) is 14.1. The number of carbonyl (C=O) groups excluding carboxylic acids is 2. The van der Waals surface area contributed by atoms with Crippen molar-refractivity contribution in [3.63, 3.8) is 0 Å². The van der Waals surface area contributed by atoms with Crippen molar-refractivity contribution in [2.24, 2.45) is 5.92 Å². The first kappa shape index (κ1) is 16.2. The molecule has 2 aromatic rings. The summed E-state index contributed by atoms with van der Waals surface area (Å²) in [6.45, 7) is 6.73. The molecule has 0 aliphatic carbocycles. The van der Waals surface area contributed by atoms with Crippen molar-refractivity contribution in [2.75, 3.05) is 18.4 Å². The first-order chi connectivity index (χ1) is 11.5. The number of rotatable bonds is 4. The van der Waals surface area contributed by atoms with E-state index in [0.717, 1.165) is 11.3 Å². The Kier molecular flexibility index (Phi) is 4.38. The highest BCUT2D eigenvalue weighted by atomic mass is 16.5. The SMILES string of the molecule is Cc1cc(C(=O)N2CC(C(=O)Nc3ccccc3C(C)C)C2)no1. The zero-order valence-corrected chi connectivity index (χ0v) is 14.1. The molecule has 0 atom stereocenters. The molecule has 3 rings (SSSR count). The number of hydrogen-bond acceptors (Lipinski definition) is 4. The van der Waals surface area contributed by atoms with Crippen molar-refractivity contribution >= 4 is 17.5 Å².